The first-order valence-corrected chi connectivity index (χ1v) is 16.8. The Morgan fingerprint density at radius 2 is 0.875 bits per heavy atom. The minimum absolute atomic E-state index is 0.0116. The number of hydrogen-bond acceptors (Lipinski definition) is 4. The molecule has 0 unspecified atom stereocenters. The van der Waals surface area contributed by atoms with Gasteiger partial charge >= 0.3 is 12.4 Å². The second kappa shape index (κ2) is 13.1. The number of halogens is 6. The van der Waals surface area contributed by atoms with Gasteiger partial charge in [0, 0.05) is 0 Å². The average Bonchev–Trinajstić information content (AvgIpc) is 3.02. The second-order valence-corrected chi connectivity index (χ2v) is 14.8. The lowest BCUT2D eigenvalue weighted by molar-refractivity contribution is -0.288. The van der Waals surface area contributed by atoms with Gasteiger partial charge < -0.3 is 9.47 Å². The van der Waals surface area contributed by atoms with Crippen LogP contribution in [0, 0.1) is 0 Å². The van der Waals surface area contributed by atoms with Gasteiger partial charge in [0.25, 0.3) is 0 Å². The highest BCUT2D eigenvalue weighted by Gasteiger charge is 2.72. The molecule has 4 aromatic rings. The Labute approximate surface area is 277 Å². The summed E-state index contributed by atoms with van der Waals surface area (Å²) in [6, 6.07) is 19.2. The zero-order valence-electron chi connectivity index (χ0n) is 27.5. The molecule has 0 aromatic heterocycles. The quantitative estimate of drug-likeness (QED) is 0.147. The lowest BCUT2D eigenvalue weighted by Crippen LogP contribution is -2.54. The fraction of sp³-hybridized carbons (Fsp3) is 0.351. The zero-order valence-corrected chi connectivity index (χ0v) is 28.3. The van der Waals surface area contributed by atoms with E-state index in [1.807, 2.05) is 13.8 Å². The summed E-state index contributed by atoms with van der Waals surface area (Å²) in [4.78, 5) is 0.0923. The molecule has 0 bridgehead atoms. The van der Waals surface area contributed by atoms with Crippen LogP contribution < -0.4 is 9.47 Å². The molecule has 0 amide bonds. The number of hydrogen-bond donors (Lipinski definition) is 0. The van der Waals surface area contributed by atoms with Crippen LogP contribution in [0.3, 0.4) is 0 Å². The largest absolute Gasteiger partial charge is 0.488 e. The predicted molar refractivity (Wildman–Crippen MR) is 172 cm³/mol. The van der Waals surface area contributed by atoms with E-state index in [4.69, 9.17) is 9.47 Å². The van der Waals surface area contributed by atoms with Gasteiger partial charge in [-0.25, -0.2) is 8.42 Å². The molecule has 0 aliphatic carbocycles. The number of benzene rings is 4. The number of rotatable bonds is 11. The van der Waals surface area contributed by atoms with Crippen LogP contribution in [0.2, 0.25) is 0 Å². The van der Waals surface area contributed by atoms with E-state index >= 15 is 0 Å². The molecule has 0 fully saturated rings. The van der Waals surface area contributed by atoms with Gasteiger partial charge in [0.1, 0.15) is 22.8 Å². The molecule has 4 rings (SSSR count). The Balaban J connectivity index is 1.61. The molecule has 258 valence electrons. The Morgan fingerprint density at radius 1 is 0.521 bits per heavy atom. The Hall–Kier alpha value is -3.99. The topological polar surface area (TPSA) is 52.6 Å². The summed E-state index contributed by atoms with van der Waals surface area (Å²) >= 11 is 0. The highest BCUT2D eigenvalue weighted by molar-refractivity contribution is 7.91. The molecule has 0 atom stereocenters. The van der Waals surface area contributed by atoms with Crippen molar-refractivity contribution in [2.24, 2.45) is 0 Å². The molecule has 0 N–H and O–H groups in total. The third-order valence-electron chi connectivity index (χ3n) is 8.87. The average molecular weight is 693 g/mol. The molecule has 0 aliphatic rings. The van der Waals surface area contributed by atoms with E-state index in [1.165, 1.54) is 24.3 Å². The van der Waals surface area contributed by atoms with Gasteiger partial charge in [0.05, 0.1) is 9.79 Å². The van der Waals surface area contributed by atoms with Gasteiger partial charge in [-0.15, -0.1) is 0 Å². The van der Waals surface area contributed by atoms with Crippen molar-refractivity contribution in [2.75, 3.05) is 0 Å². The van der Waals surface area contributed by atoms with E-state index in [9.17, 15) is 34.8 Å². The van der Waals surface area contributed by atoms with Gasteiger partial charge in [-0.3, -0.25) is 0 Å². The number of ether oxygens (including phenoxy) is 2. The summed E-state index contributed by atoms with van der Waals surface area (Å²) in [6.07, 6.45) is -10.1. The maximum absolute atomic E-state index is 14.6. The molecular formula is C37H38F6O4S. The van der Waals surface area contributed by atoms with E-state index in [0.717, 1.165) is 60.5 Å². The van der Waals surface area contributed by atoms with E-state index in [1.54, 1.807) is 38.1 Å². The zero-order chi connectivity index (χ0) is 35.8. The van der Waals surface area contributed by atoms with Crippen molar-refractivity contribution in [1.29, 1.82) is 0 Å². The van der Waals surface area contributed by atoms with Crippen molar-refractivity contribution in [2.45, 2.75) is 93.0 Å². The fourth-order valence-electron chi connectivity index (χ4n) is 5.17. The van der Waals surface area contributed by atoms with Crippen LogP contribution in [0.15, 0.2) is 107 Å². The number of sulfone groups is 1. The van der Waals surface area contributed by atoms with Crippen LogP contribution in [0.1, 0.15) is 71.1 Å². The highest BCUT2D eigenvalue weighted by Crippen LogP contribution is 2.56. The SMILES string of the molecule is CCC(C)(C)Oc1ccc(C(c2ccc(Oc3ccc(S(=O)(=O)c4ccc(C(C)(C)CC)cc4)cc3)cc2)(C(F)(F)F)C(F)(F)F)cc1. The van der Waals surface area contributed by atoms with Crippen LogP contribution in [-0.2, 0) is 20.7 Å². The van der Waals surface area contributed by atoms with Crippen molar-refractivity contribution in [1.82, 2.24) is 0 Å². The molecular weight excluding hydrogens is 654 g/mol. The number of alkyl halides is 6. The van der Waals surface area contributed by atoms with Gasteiger partial charge in [-0.2, -0.15) is 26.3 Å². The minimum atomic E-state index is -5.76. The molecule has 48 heavy (non-hydrogen) atoms. The van der Waals surface area contributed by atoms with Crippen molar-refractivity contribution in [3.63, 3.8) is 0 Å². The summed E-state index contributed by atoms with van der Waals surface area (Å²) in [5, 5.41) is 0. The van der Waals surface area contributed by atoms with Crippen molar-refractivity contribution in [3.05, 3.63) is 114 Å². The fourth-order valence-corrected chi connectivity index (χ4v) is 6.43. The third-order valence-corrected chi connectivity index (χ3v) is 10.7. The maximum atomic E-state index is 14.6. The molecule has 0 aliphatic heterocycles. The predicted octanol–water partition coefficient (Wildman–Crippen LogP) is 11.0. The smallest absolute Gasteiger partial charge is 0.411 e. The monoisotopic (exact) mass is 692 g/mol. The van der Waals surface area contributed by atoms with Crippen LogP contribution >= 0.6 is 0 Å². The highest BCUT2D eigenvalue weighted by atomic mass is 32.2. The van der Waals surface area contributed by atoms with Crippen molar-refractivity contribution >= 4 is 9.84 Å². The van der Waals surface area contributed by atoms with Crippen molar-refractivity contribution < 1.29 is 44.2 Å². The molecule has 4 aromatic carbocycles. The van der Waals surface area contributed by atoms with Crippen molar-refractivity contribution in [3.8, 4) is 17.2 Å². The third kappa shape index (κ3) is 7.21. The first kappa shape index (κ1) is 36.8. The van der Waals surface area contributed by atoms with Crippen LogP contribution in [0.4, 0.5) is 26.3 Å². The molecule has 4 nitrogen and oxygen atoms in total. The normalized spacial score (nSPS) is 13.3. The Morgan fingerprint density at radius 3 is 1.25 bits per heavy atom. The summed E-state index contributed by atoms with van der Waals surface area (Å²) in [5.41, 5.74) is -6.19. The molecule has 11 heteroatoms. The summed E-state index contributed by atoms with van der Waals surface area (Å²) < 4.78 is 126. The summed E-state index contributed by atoms with van der Waals surface area (Å²) in [6.45, 7) is 11.5. The van der Waals surface area contributed by atoms with E-state index < -0.39 is 44.3 Å². The summed E-state index contributed by atoms with van der Waals surface area (Å²) in [7, 11) is -3.86. The molecule has 0 heterocycles. The molecule has 0 spiro atoms. The molecule has 0 saturated carbocycles. The Kier molecular flexibility index (Phi) is 10.1. The lowest BCUT2D eigenvalue weighted by atomic mass is 9.73. The maximum Gasteiger partial charge on any atom is 0.411 e. The van der Waals surface area contributed by atoms with Crippen LogP contribution in [-0.4, -0.2) is 26.4 Å². The van der Waals surface area contributed by atoms with E-state index in [2.05, 4.69) is 13.8 Å². The van der Waals surface area contributed by atoms with E-state index in [0.29, 0.717) is 6.42 Å². The standard InChI is InChI=1S/C37H38F6O4S/c1-7-33(3,4)25-13-21-31(22-14-25)48(44,45)32-23-19-29(20-24-32)46-28-15-9-26(10-16-28)35(36(38,39)40,37(41,42)43)27-11-17-30(18-12-27)47-34(5,6)8-2/h9-24H,7-8H2,1-6H3. The van der Waals surface area contributed by atoms with Crippen LogP contribution in [0.25, 0.3) is 0 Å². The van der Waals surface area contributed by atoms with Crippen LogP contribution in [0.5, 0.6) is 17.2 Å². The first-order valence-electron chi connectivity index (χ1n) is 15.3. The second-order valence-electron chi connectivity index (χ2n) is 12.8. The molecule has 0 saturated heterocycles. The van der Waals surface area contributed by atoms with Gasteiger partial charge in [0.15, 0.2) is 0 Å². The Bertz CT molecular complexity index is 1780. The first-order chi connectivity index (χ1) is 22.2. The van der Waals surface area contributed by atoms with Gasteiger partial charge in [-0.1, -0.05) is 64.1 Å². The lowest BCUT2D eigenvalue weighted by Gasteiger charge is -2.38. The van der Waals surface area contributed by atoms with Gasteiger partial charge in [0.2, 0.25) is 15.3 Å². The van der Waals surface area contributed by atoms with E-state index in [-0.39, 0.29) is 32.5 Å². The van der Waals surface area contributed by atoms with Gasteiger partial charge in [-0.05, 0) is 109 Å². The minimum Gasteiger partial charge on any atom is -0.488 e. The summed E-state index contributed by atoms with van der Waals surface area (Å²) in [5.74, 6) is 0.220. The molecule has 0 radical (unpaired) electrons.